The topological polar surface area (TPSA) is 64.2 Å². The third-order valence-corrected chi connectivity index (χ3v) is 4.95. The van der Waals surface area contributed by atoms with Crippen molar-refractivity contribution in [1.82, 2.24) is 24.5 Å². The van der Waals surface area contributed by atoms with Crippen LogP contribution in [0.15, 0.2) is 67.3 Å². The summed E-state index contributed by atoms with van der Waals surface area (Å²) in [7, 11) is 0. The first-order valence-electron chi connectivity index (χ1n) is 9.14. The molecular weight excluding hydrogens is 338 g/mol. The Balaban J connectivity index is 1.47. The molecular formula is C21H19N5O. The molecule has 1 aliphatic carbocycles. The second-order valence-corrected chi connectivity index (χ2v) is 6.94. The molecule has 0 radical (unpaired) electrons. The third-order valence-electron chi connectivity index (χ3n) is 4.95. The van der Waals surface area contributed by atoms with Crippen molar-refractivity contribution in [3.8, 4) is 16.9 Å². The summed E-state index contributed by atoms with van der Waals surface area (Å²) in [5.74, 6) is 1.43. The van der Waals surface area contributed by atoms with E-state index in [9.17, 15) is 4.79 Å². The lowest BCUT2D eigenvalue weighted by Crippen LogP contribution is -2.26. The lowest BCUT2D eigenvalue weighted by molar-refractivity contribution is 0.0946. The Hall–Kier alpha value is -3.41. The molecule has 0 spiro atoms. The van der Waals surface area contributed by atoms with Gasteiger partial charge in [-0.25, -0.2) is 4.68 Å². The number of hydrogen-bond acceptors (Lipinski definition) is 3. The number of pyridine rings is 2. The Morgan fingerprint density at radius 2 is 1.85 bits per heavy atom. The van der Waals surface area contributed by atoms with E-state index < -0.39 is 0 Å². The number of amides is 1. The Labute approximate surface area is 156 Å². The van der Waals surface area contributed by atoms with Crippen LogP contribution in [-0.4, -0.2) is 31.6 Å². The molecule has 0 unspecified atom stereocenters. The normalized spacial score (nSPS) is 13.8. The van der Waals surface area contributed by atoms with Gasteiger partial charge in [-0.3, -0.25) is 9.78 Å². The van der Waals surface area contributed by atoms with E-state index in [4.69, 9.17) is 0 Å². The summed E-state index contributed by atoms with van der Waals surface area (Å²) < 4.78 is 3.82. The summed E-state index contributed by atoms with van der Waals surface area (Å²) in [6, 6.07) is 13.9. The highest BCUT2D eigenvalue weighted by molar-refractivity contribution is 5.92. The molecule has 4 aromatic rings. The first-order valence-corrected chi connectivity index (χ1v) is 9.14. The van der Waals surface area contributed by atoms with E-state index in [2.05, 4.69) is 38.1 Å². The summed E-state index contributed by atoms with van der Waals surface area (Å²) in [6.07, 6.45) is 9.91. The molecule has 4 aromatic heterocycles. The van der Waals surface area contributed by atoms with Crippen molar-refractivity contribution in [3.63, 3.8) is 0 Å². The van der Waals surface area contributed by atoms with Crippen LogP contribution in [0.25, 0.3) is 22.5 Å². The van der Waals surface area contributed by atoms with Crippen LogP contribution in [0.1, 0.15) is 23.3 Å². The number of nitrogens with zero attached hydrogens (tertiary/aromatic N) is 4. The van der Waals surface area contributed by atoms with Gasteiger partial charge >= 0.3 is 0 Å². The van der Waals surface area contributed by atoms with Gasteiger partial charge in [-0.15, -0.1) is 0 Å². The smallest absolute Gasteiger partial charge is 0.271 e. The van der Waals surface area contributed by atoms with Gasteiger partial charge in [0.2, 0.25) is 0 Å². The molecule has 0 atom stereocenters. The molecule has 0 aliphatic heterocycles. The van der Waals surface area contributed by atoms with Crippen molar-refractivity contribution in [2.45, 2.75) is 12.8 Å². The molecule has 134 valence electrons. The monoisotopic (exact) mass is 357 g/mol. The molecule has 1 aliphatic rings. The SMILES string of the molecule is O=C(NCC1CC1)c1ccn(-c2ccc3ccc(-c4ccncc4)cn23)n1. The van der Waals surface area contributed by atoms with Gasteiger partial charge in [0.1, 0.15) is 5.82 Å². The van der Waals surface area contributed by atoms with Gasteiger partial charge in [-0.2, -0.15) is 5.10 Å². The fourth-order valence-electron chi connectivity index (χ4n) is 3.21. The van der Waals surface area contributed by atoms with Gasteiger partial charge in [0.15, 0.2) is 5.69 Å². The zero-order valence-corrected chi connectivity index (χ0v) is 14.7. The Kier molecular flexibility index (Phi) is 3.74. The first kappa shape index (κ1) is 15.8. The highest BCUT2D eigenvalue weighted by atomic mass is 16.1. The van der Waals surface area contributed by atoms with E-state index in [0.717, 1.165) is 29.0 Å². The Morgan fingerprint density at radius 1 is 1.04 bits per heavy atom. The minimum absolute atomic E-state index is 0.112. The largest absolute Gasteiger partial charge is 0.350 e. The van der Waals surface area contributed by atoms with Crippen molar-refractivity contribution >= 4 is 11.4 Å². The third kappa shape index (κ3) is 3.10. The number of nitrogens with one attached hydrogen (secondary N) is 1. The predicted octanol–water partition coefficient (Wildman–Crippen LogP) is 3.33. The number of rotatable bonds is 5. The number of carbonyl (C=O) groups is 1. The second-order valence-electron chi connectivity index (χ2n) is 6.94. The lowest BCUT2D eigenvalue weighted by atomic mass is 10.1. The van der Waals surface area contributed by atoms with Crippen LogP contribution in [0.3, 0.4) is 0 Å². The molecule has 0 bridgehead atoms. The molecule has 5 rings (SSSR count). The molecule has 0 saturated heterocycles. The number of aromatic nitrogens is 4. The van der Waals surface area contributed by atoms with E-state index in [1.165, 1.54) is 12.8 Å². The van der Waals surface area contributed by atoms with Gasteiger partial charge in [0.05, 0.1) is 0 Å². The summed E-state index contributed by atoms with van der Waals surface area (Å²) in [6.45, 7) is 0.745. The second kappa shape index (κ2) is 6.39. The zero-order valence-electron chi connectivity index (χ0n) is 14.7. The fourth-order valence-corrected chi connectivity index (χ4v) is 3.21. The van der Waals surface area contributed by atoms with Crippen molar-refractivity contribution < 1.29 is 4.79 Å². The van der Waals surface area contributed by atoms with Crippen LogP contribution in [0.2, 0.25) is 0 Å². The standard InChI is InChI=1S/C21H19N5O/c27-21(23-13-15-1-2-15)19-9-12-26(24-19)20-6-5-18-4-3-17(14-25(18)20)16-7-10-22-11-8-16/h3-12,14-15H,1-2,13H2,(H,23,27). The van der Waals surface area contributed by atoms with Gasteiger partial charge < -0.3 is 9.72 Å². The molecule has 1 fully saturated rings. The predicted molar refractivity (Wildman–Crippen MR) is 103 cm³/mol. The van der Waals surface area contributed by atoms with Crippen LogP contribution in [0.5, 0.6) is 0 Å². The number of hydrogen-bond donors (Lipinski definition) is 1. The van der Waals surface area contributed by atoms with E-state index in [-0.39, 0.29) is 5.91 Å². The van der Waals surface area contributed by atoms with Crippen LogP contribution in [0.4, 0.5) is 0 Å². The van der Waals surface area contributed by atoms with Crippen molar-refractivity contribution in [3.05, 3.63) is 72.9 Å². The first-order chi connectivity index (χ1) is 13.3. The minimum atomic E-state index is -0.112. The Morgan fingerprint density at radius 3 is 2.67 bits per heavy atom. The van der Waals surface area contributed by atoms with Crippen LogP contribution >= 0.6 is 0 Å². The van der Waals surface area contributed by atoms with Gasteiger partial charge in [-0.1, -0.05) is 6.07 Å². The maximum Gasteiger partial charge on any atom is 0.271 e. The lowest BCUT2D eigenvalue weighted by Gasteiger charge is -2.07. The quantitative estimate of drug-likeness (QED) is 0.596. The Bertz CT molecular complexity index is 1110. The van der Waals surface area contributed by atoms with E-state index in [0.29, 0.717) is 11.6 Å². The van der Waals surface area contributed by atoms with Gasteiger partial charge in [0.25, 0.3) is 5.91 Å². The van der Waals surface area contributed by atoms with Crippen molar-refractivity contribution in [2.75, 3.05) is 6.54 Å². The van der Waals surface area contributed by atoms with E-state index in [1.807, 2.05) is 30.5 Å². The number of fused-ring (bicyclic) bond motifs is 1. The molecule has 1 N–H and O–H groups in total. The van der Waals surface area contributed by atoms with Crippen LogP contribution in [-0.2, 0) is 0 Å². The molecule has 4 heterocycles. The highest BCUT2D eigenvalue weighted by Crippen LogP contribution is 2.27. The summed E-state index contributed by atoms with van der Waals surface area (Å²) in [5, 5.41) is 7.44. The zero-order chi connectivity index (χ0) is 18.2. The average molecular weight is 357 g/mol. The fraction of sp³-hybridized carbons (Fsp3) is 0.190. The van der Waals surface area contributed by atoms with E-state index in [1.54, 1.807) is 23.1 Å². The van der Waals surface area contributed by atoms with E-state index >= 15 is 0 Å². The molecule has 6 nitrogen and oxygen atoms in total. The molecule has 1 amide bonds. The molecule has 27 heavy (non-hydrogen) atoms. The summed E-state index contributed by atoms with van der Waals surface area (Å²) in [5.41, 5.74) is 3.71. The van der Waals surface area contributed by atoms with Crippen LogP contribution in [0, 0.1) is 5.92 Å². The highest BCUT2D eigenvalue weighted by Gasteiger charge is 2.22. The van der Waals surface area contributed by atoms with Crippen LogP contribution < -0.4 is 5.32 Å². The maximum absolute atomic E-state index is 12.3. The van der Waals surface area contributed by atoms with Gasteiger partial charge in [-0.05, 0) is 66.3 Å². The van der Waals surface area contributed by atoms with Crippen molar-refractivity contribution in [2.24, 2.45) is 5.92 Å². The summed E-state index contributed by atoms with van der Waals surface area (Å²) >= 11 is 0. The molecule has 0 aromatic carbocycles. The minimum Gasteiger partial charge on any atom is -0.350 e. The average Bonchev–Trinajstić information content (AvgIpc) is 3.24. The van der Waals surface area contributed by atoms with Crippen molar-refractivity contribution in [1.29, 1.82) is 0 Å². The molecule has 6 heteroatoms. The maximum atomic E-state index is 12.3. The summed E-state index contributed by atoms with van der Waals surface area (Å²) in [4.78, 5) is 16.3. The number of carbonyl (C=O) groups excluding carboxylic acids is 1. The molecule has 1 saturated carbocycles. The van der Waals surface area contributed by atoms with Gasteiger partial charge in [0, 0.05) is 36.8 Å².